The summed E-state index contributed by atoms with van der Waals surface area (Å²) >= 11 is 0. The van der Waals surface area contributed by atoms with Crippen molar-refractivity contribution in [2.75, 3.05) is 66.5 Å². The zero-order chi connectivity index (χ0) is 14.4. The quantitative estimate of drug-likeness (QED) is 0.786. The maximum atomic E-state index is 5.96. The Balaban J connectivity index is 1.68. The minimum absolute atomic E-state index is 0.788. The van der Waals surface area contributed by atoms with E-state index >= 15 is 0 Å². The molecule has 0 amide bonds. The first-order valence-electron chi connectivity index (χ1n) is 8.48. The van der Waals surface area contributed by atoms with E-state index in [-0.39, 0.29) is 0 Å². The first kappa shape index (κ1) is 16.2. The van der Waals surface area contributed by atoms with E-state index in [2.05, 4.69) is 28.8 Å². The molecule has 2 fully saturated rings. The van der Waals surface area contributed by atoms with Crippen molar-refractivity contribution in [2.24, 2.45) is 17.6 Å². The molecule has 1 heterocycles. The van der Waals surface area contributed by atoms with Crippen molar-refractivity contribution in [3.63, 3.8) is 0 Å². The van der Waals surface area contributed by atoms with Crippen LogP contribution in [0, 0.1) is 11.8 Å². The van der Waals surface area contributed by atoms with Crippen molar-refractivity contribution in [3.05, 3.63) is 0 Å². The lowest BCUT2D eigenvalue weighted by molar-refractivity contribution is 0.0898. The molecule has 2 unspecified atom stereocenters. The lowest BCUT2D eigenvalue weighted by Gasteiger charge is -2.39. The van der Waals surface area contributed by atoms with Gasteiger partial charge in [-0.15, -0.1) is 0 Å². The first-order chi connectivity index (χ1) is 9.69. The van der Waals surface area contributed by atoms with Crippen molar-refractivity contribution in [1.82, 2.24) is 14.7 Å². The van der Waals surface area contributed by atoms with Gasteiger partial charge in [-0.05, 0) is 45.3 Å². The van der Waals surface area contributed by atoms with Crippen LogP contribution >= 0.6 is 0 Å². The van der Waals surface area contributed by atoms with E-state index in [1.54, 1.807) is 0 Å². The van der Waals surface area contributed by atoms with Crippen LogP contribution in [0.1, 0.15) is 25.7 Å². The summed E-state index contributed by atoms with van der Waals surface area (Å²) in [7, 11) is 4.32. The molecule has 0 bridgehead atoms. The predicted molar refractivity (Wildman–Crippen MR) is 85.9 cm³/mol. The fraction of sp³-hybridized carbons (Fsp3) is 1.00. The number of hydrogen-bond acceptors (Lipinski definition) is 4. The molecule has 2 aliphatic rings. The fourth-order valence-corrected chi connectivity index (χ4v) is 3.70. The maximum Gasteiger partial charge on any atom is 0.0110 e. The predicted octanol–water partition coefficient (Wildman–Crippen LogP) is 0.931. The molecule has 20 heavy (non-hydrogen) atoms. The zero-order valence-corrected chi connectivity index (χ0v) is 13.6. The Hall–Kier alpha value is -0.160. The molecule has 2 rings (SSSR count). The highest BCUT2D eigenvalue weighted by Gasteiger charge is 2.27. The summed E-state index contributed by atoms with van der Waals surface area (Å²) in [6.45, 7) is 9.58. The van der Waals surface area contributed by atoms with Gasteiger partial charge in [0.25, 0.3) is 0 Å². The highest BCUT2D eigenvalue weighted by atomic mass is 15.3. The monoisotopic (exact) mass is 282 g/mol. The van der Waals surface area contributed by atoms with Crippen LogP contribution in [-0.2, 0) is 0 Å². The SMILES string of the molecule is CN(C)CCN1CCN(CC2CCCCC2CN)CC1. The van der Waals surface area contributed by atoms with Crippen LogP contribution in [0.5, 0.6) is 0 Å². The summed E-state index contributed by atoms with van der Waals surface area (Å²) < 4.78 is 0. The Morgan fingerprint density at radius 2 is 1.55 bits per heavy atom. The highest BCUT2D eigenvalue weighted by molar-refractivity contribution is 4.81. The van der Waals surface area contributed by atoms with E-state index in [4.69, 9.17) is 5.73 Å². The zero-order valence-electron chi connectivity index (χ0n) is 13.6. The van der Waals surface area contributed by atoms with Gasteiger partial charge in [0, 0.05) is 45.8 Å². The number of piperazine rings is 1. The molecule has 0 aromatic rings. The molecule has 0 aromatic carbocycles. The molecule has 2 atom stereocenters. The van der Waals surface area contributed by atoms with Crippen LogP contribution in [-0.4, -0.2) is 81.2 Å². The Morgan fingerprint density at radius 3 is 2.15 bits per heavy atom. The molecular formula is C16H34N4. The van der Waals surface area contributed by atoms with Gasteiger partial charge in [0.05, 0.1) is 0 Å². The average molecular weight is 282 g/mol. The molecule has 1 saturated carbocycles. The van der Waals surface area contributed by atoms with E-state index in [1.165, 1.54) is 71.5 Å². The van der Waals surface area contributed by atoms with Crippen molar-refractivity contribution >= 4 is 0 Å². The van der Waals surface area contributed by atoms with E-state index < -0.39 is 0 Å². The van der Waals surface area contributed by atoms with Gasteiger partial charge in [-0.3, -0.25) is 4.90 Å². The summed E-state index contributed by atoms with van der Waals surface area (Å²) in [5.41, 5.74) is 5.96. The number of nitrogens with zero attached hydrogens (tertiary/aromatic N) is 3. The Morgan fingerprint density at radius 1 is 0.950 bits per heavy atom. The number of rotatable bonds is 6. The molecule has 1 aliphatic carbocycles. The number of nitrogens with two attached hydrogens (primary N) is 1. The van der Waals surface area contributed by atoms with Crippen LogP contribution in [0.4, 0.5) is 0 Å². The molecule has 4 heteroatoms. The third-order valence-electron chi connectivity index (χ3n) is 5.19. The Kier molecular flexibility index (Phi) is 6.75. The van der Waals surface area contributed by atoms with Crippen molar-refractivity contribution in [2.45, 2.75) is 25.7 Å². The van der Waals surface area contributed by atoms with Gasteiger partial charge in [0.1, 0.15) is 0 Å². The Bertz CT molecular complexity index is 261. The van der Waals surface area contributed by atoms with Gasteiger partial charge in [-0.2, -0.15) is 0 Å². The number of likely N-dealkylation sites (N-methyl/N-ethyl adjacent to an activating group) is 1. The van der Waals surface area contributed by atoms with Crippen LogP contribution in [0.15, 0.2) is 0 Å². The van der Waals surface area contributed by atoms with Gasteiger partial charge in [0.15, 0.2) is 0 Å². The highest BCUT2D eigenvalue weighted by Crippen LogP contribution is 2.30. The topological polar surface area (TPSA) is 35.7 Å². The minimum atomic E-state index is 0.788. The van der Waals surface area contributed by atoms with Gasteiger partial charge in [0.2, 0.25) is 0 Å². The normalized spacial score (nSPS) is 30.0. The van der Waals surface area contributed by atoms with E-state index in [0.717, 1.165) is 18.4 Å². The van der Waals surface area contributed by atoms with Crippen LogP contribution < -0.4 is 5.73 Å². The standard InChI is InChI=1S/C16H34N4/c1-18(2)7-8-19-9-11-20(12-10-19)14-16-6-4-3-5-15(16)13-17/h15-16H,3-14,17H2,1-2H3. The molecule has 1 aliphatic heterocycles. The van der Waals surface area contributed by atoms with Crippen LogP contribution in [0.3, 0.4) is 0 Å². The minimum Gasteiger partial charge on any atom is -0.330 e. The van der Waals surface area contributed by atoms with E-state index in [9.17, 15) is 0 Å². The lowest BCUT2D eigenvalue weighted by Crippen LogP contribution is -2.50. The summed E-state index contributed by atoms with van der Waals surface area (Å²) in [5.74, 6) is 1.65. The Labute approximate surface area is 125 Å². The van der Waals surface area contributed by atoms with E-state index in [0.29, 0.717) is 0 Å². The fourth-order valence-electron chi connectivity index (χ4n) is 3.70. The van der Waals surface area contributed by atoms with Gasteiger partial charge in [-0.1, -0.05) is 12.8 Å². The van der Waals surface area contributed by atoms with Crippen molar-refractivity contribution in [1.29, 1.82) is 0 Å². The van der Waals surface area contributed by atoms with Crippen molar-refractivity contribution < 1.29 is 0 Å². The smallest absolute Gasteiger partial charge is 0.0110 e. The van der Waals surface area contributed by atoms with Crippen molar-refractivity contribution in [3.8, 4) is 0 Å². The summed E-state index contributed by atoms with van der Waals surface area (Å²) in [6.07, 6.45) is 5.59. The second-order valence-electron chi connectivity index (χ2n) is 6.99. The largest absolute Gasteiger partial charge is 0.330 e. The molecule has 4 nitrogen and oxygen atoms in total. The summed E-state index contributed by atoms with van der Waals surface area (Å²) in [6, 6.07) is 0. The molecule has 2 N–H and O–H groups in total. The molecule has 0 spiro atoms. The van der Waals surface area contributed by atoms with E-state index in [1.807, 2.05) is 0 Å². The molecule has 1 saturated heterocycles. The maximum absolute atomic E-state index is 5.96. The summed E-state index contributed by atoms with van der Waals surface area (Å²) in [5, 5.41) is 0. The molecule has 118 valence electrons. The second-order valence-corrected chi connectivity index (χ2v) is 6.99. The number of hydrogen-bond donors (Lipinski definition) is 1. The van der Waals surface area contributed by atoms with Crippen LogP contribution in [0.25, 0.3) is 0 Å². The lowest BCUT2D eigenvalue weighted by atomic mass is 9.79. The third-order valence-corrected chi connectivity index (χ3v) is 5.19. The first-order valence-corrected chi connectivity index (χ1v) is 8.48. The molecule has 0 aromatic heterocycles. The second kappa shape index (κ2) is 8.32. The average Bonchev–Trinajstić information content (AvgIpc) is 2.47. The third kappa shape index (κ3) is 4.99. The summed E-state index contributed by atoms with van der Waals surface area (Å²) in [4.78, 5) is 7.57. The molecular weight excluding hydrogens is 248 g/mol. The van der Waals surface area contributed by atoms with Gasteiger partial charge >= 0.3 is 0 Å². The van der Waals surface area contributed by atoms with Gasteiger partial charge in [-0.25, -0.2) is 0 Å². The molecule has 0 radical (unpaired) electrons. The van der Waals surface area contributed by atoms with Gasteiger partial charge < -0.3 is 15.5 Å². The van der Waals surface area contributed by atoms with Crippen LogP contribution in [0.2, 0.25) is 0 Å².